The Balaban J connectivity index is 1.64. The number of hydrogen-bond donors (Lipinski definition) is 1. The Hall–Kier alpha value is -2.78. The second kappa shape index (κ2) is 6.38. The molecule has 1 aromatic heterocycles. The van der Waals surface area contributed by atoms with Crippen molar-refractivity contribution in [1.29, 1.82) is 0 Å². The van der Waals surface area contributed by atoms with Crippen molar-refractivity contribution in [3.05, 3.63) is 88.9 Å². The third kappa shape index (κ3) is 3.12. The van der Waals surface area contributed by atoms with E-state index < -0.39 is 0 Å². The standard InChI is InChI=1S/C20H15ClN2O/c21-16-10-11-19-18(13-16)23-20(24-19)22-17-9-5-4-8-15(17)12-14-6-2-1-3-7-14/h1-11,13H,12H2,(H,22,23). The first-order chi connectivity index (χ1) is 11.8. The van der Waals surface area contributed by atoms with Crippen LogP contribution in [-0.2, 0) is 6.42 Å². The van der Waals surface area contributed by atoms with E-state index in [1.165, 1.54) is 11.1 Å². The molecule has 3 aromatic carbocycles. The van der Waals surface area contributed by atoms with Crippen molar-refractivity contribution in [1.82, 2.24) is 4.98 Å². The Bertz CT molecular complexity index is 979. The molecule has 3 nitrogen and oxygen atoms in total. The van der Waals surface area contributed by atoms with Crippen LogP contribution in [0.5, 0.6) is 0 Å². The van der Waals surface area contributed by atoms with Crippen molar-refractivity contribution < 1.29 is 4.42 Å². The highest BCUT2D eigenvalue weighted by molar-refractivity contribution is 6.31. The minimum Gasteiger partial charge on any atom is -0.423 e. The zero-order valence-electron chi connectivity index (χ0n) is 12.9. The first kappa shape index (κ1) is 14.8. The van der Waals surface area contributed by atoms with Gasteiger partial charge in [0.15, 0.2) is 5.58 Å². The normalized spacial score (nSPS) is 10.9. The number of anilines is 2. The van der Waals surface area contributed by atoms with Crippen molar-refractivity contribution in [2.45, 2.75) is 6.42 Å². The van der Waals surface area contributed by atoms with Gasteiger partial charge in [-0.05, 0) is 41.8 Å². The highest BCUT2D eigenvalue weighted by atomic mass is 35.5. The van der Waals surface area contributed by atoms with Crippen LogP contribution in [0.4, 0.5) is 11.7 Å². The summed E-state index contributed by atoms with van der Waals surface area (Å²) in [5.74, 6) is 0. The van der Waals surface area contributed by atoms with Gasteiger partial charge in [0.05, 0.1) is 0 Å². The number of oxazole rings is 1. The Morgan fingerprint density at radius 1 is 0.917 bits per heavy atom. The van der Waals surface area contributed by atoms with Gasteiger partial charge >= 0.3 is 0 Å². The van der Waals surface area contributed by atoms with Gasteiger partial charge in [0.2, 0.25) is 0 Å². The number of nitrogens with one attached hydrogen (secondary N) is 1. The molecule has 24 heavy (non-hydrogen) atoms. The molecule has 0 unspecified atom stereocenters. The lowest BCUT2D eigenvalue weighted by atomic mass is 10.0. The predicted octanol–water partition coefficient (Wildman–Crippen LogP) is 5.82. The number of fused-ring (bicyclic) bond motifs is 1. The topological polar surface area (TPSA) is 38.1 Å². The molecule has 0 bridgehead atoms. The smallest absolute Gasteiger partial charge is 0.300 e. The van der Waals surface area contributed by atoms with Crippen LogP contribution in [0.1, 0.15) is 11.1 Å². The molecule has 1 heterocycles. The van der Waals surface area contributed by atoms with Crippen molar-refractivity contribution in [3.8, 4) is 0 Å². The van der Waals surface area contributed by atoms with E-state index in [4.69, 9.17) is 16.0 Å². The molecule has 0 spiro atoms. The Morgan fingerprint density at radius 2 is 1.71 bits per heavy atom. The molecule has 0 radical (unpaired) electrons. The molecule has 0 aliphatic rings. The van der Waals surface area contributed by atoms with Gasteiger partial charge in [-0.15, -0.1) is 0 Å². The minimum atomic E-state index is 0.466. The number of halogens is 1. The van der Waals surface area contributed by atoms with Gasteiger partial charge in [0.25, 0.3) is 6.01 Å². The maximum Gasteiger partial charge on any atom is 0.300 e. The van der Waals surface area contributed by atoms with Gasteiger partial charge in [-0.25, -0.2) is 0 Å². The van der Waals surface area contributed by atoms with Gasteiger partial charge in [0, 0.05) is 10.7 Å². The van der Waals surface area contributed by atoms with Gasteiger partial charge in [0.1, 0.15) is 5.52 Å². The maximum atomic E-state index is 6.00. The fourth-order valence-corrected chi connectivity index (χ4v) is 2.85. The van der Waals surface area contributed by atoms with Crippen LogP contribution in [0, 0.1) is 0 Å². The van der Waals surface area contributed by atoms with Gasteiger partial charge < -0.3 is 9.73 Å². The van der Waals surface area contributed by atoms with Gasteiger partial charge in [-0.1, -0.05) is 60.1 Å². The molecule has 0 aliphatic carbocycles. The highest BCUT2D eigenvalue weighted by Crippen LogP contribution is 2.27. The molecule has 0 amide bonds. The number of para-hydroxylation sites is 1. The molecular weight excluding hydrogens is 320 g/mol. The number of aromatic nitrogens is 1. The van der Waals surface area contributed by atoms with Crippen LogP contribution < -0.4 is 5.32 Å². The summed E-state index contributed by atoms with van der Waals surface area (Å²) in [6, 6.07) is 24.4. The van der Waals surface area contributed by atoms with Crippen LogP contribution in [0.2, 0.25) is 5.02 Å². The second-order valence-electron chi connectivity index (χ2n) is 5.58. The van der Waals surface area contributed by atoms with E-state index in [1.54, 1.807) is 12.1 Å². The molecule has 4 heteroatoms. The lowest BCUT2D eigenvalue weighted by Gasteiger charge is -2.09. The minimum absolute atomic E-state index is 0.466. The zero-order valence-corrected chi connectivity index (χ0v) is 13.6. The van der Waals surface area contributed by atoms with Gasteiger partial charge in [-0.3, -0.25) is 0 Å². The summed E-state index contributed by atoms with van der Waals surface area (Å²) in [6.07, 6.45) is 0.843. The van der Waals surface area contributed by atoms with E-state index in [0.29, 0.717) is 16.6 Å². The van der Waals surface area contributed by atoms with Crippen molar-refractivity contribution in [2.24, 2.45) is 0 Å². The van der Waals surface area contributed by atoms with Crippen molar-refractivity contribution in [3.63, 3.8) is 0 Å². The third-order valence-electron chi connectivity index (χ3n) is 3.85. The van der Waals surface area contributed by atoms with E-state index in [0.717, 1.165) is 17.6 Å². The second-order valence-corrected chi connectivity index (χ2v) is 6.01. The number of hydrogen-bond acceptors (Lipinski definition) is 3. The number of benzene rings is 3. The number of rotatable bonds is 4. The fraction of sp³-hybridized carbons (Fsp3) is 0.0500. The molecule has 0 saturated carbocycles. The summed E-state index contributed by atoms with van der Waals surface area (Å²) in [5.41, 5.74) is 4.88. The quantitative estimate of drug-likeness (QED) is 0.511. The first-order valence-electron chi connectivity index (χ1n) is 7.73. The highest BCUT2D eigenvalue weighted by Gasteiger charge is 2.09. The molecular formula is C20H15ClN2O. The van der Waals surface area contributed by atoms with Crippen LogP contribution in [0.3, 0.4) is 0 Å². The molecule has 0 fully saturated rings. The van der Waals surface area contributed by atoms with E-state index in [9.17, 15) is 0 Å². The van der Waals surface area contributed by atoms with Crippen LogP contribution in [-0.4, -0.2) is 4.98 Å². The summed E-state index contributed by atoms with van der Waals surface area (Å²) < 4.78 is 5.75. The average Bonchev–Trinajstić information content (AvgIpc) is 2.99. The number of nitrogens with zero attached hydrogens (tertiary/aromatic N) is 1. The van der Waals surface area contributed by atoms with Crippen LogP contribution >= 0.6 is 11.6 Å². The molecule has 4 rings (SSSR count). The summed E-state index contributed by atoms with van der Waals surface area (Å²) in [4.78, 5) is 4.45. The monoisotopic (exact) mass is 334 g/mol. The summed E-state index contributed by atoms with van der Waals surface area (Å²) in [7, 11) is 0. The fourth-order valence-electron chi connectivity index (χ4n) is 2.68. The summed E-state index contributed by atoms with van der Waals surface area (Å²) in [6.45, 7) is 0. The molecule has 118 valence electrons. The van der Waals surface area contributed by atoms with Crippen LogP contribution in [0.15, 0.2) is 77.2 Å². The average molecular weight is 335 g/mol. The van der Waals surface area contributed by atoms with Crippen molar-refractivity contribution in [2.75, 3.05) is 5.32 Å². The molecule has 0 saturated heterocycles. The van der Waals surface area contributed by atoms with E-state index in [1.807, 2.05) is 30.3 Å². The van der Waals surface area contributed by atoms with E-state index >= 15 is 0 Å². The van der Waals surface area contributed by atoms with Gasteiger partial charge in [-0.2, -0.15) is 4.98 Å². The Morgan fingerprint density at radius 3 is 2.58 bits per heavy atom. The lowest BCUT2D eigenvalue weighted by molar-refractivity contribution is 0.623. The molecule has 1 N–H and O–H groups in total. The third-order valence-corrected chi connectivity index (χ3v) is 4.08. The predicted molar refractivity (Wildman–Crippen MR) is 98.0 cm³/mol. The summed E-state index contributed by atoms with van der Waals surface area (Å²) in [5, 5.41) is 3.93. The zero-order chi connectivity index (χ0) is 16.4. The van der Waals surface area contributed by atoms with Crippen molar-refractivity contribution >= 4 is 34.4 Å². The Labute approximate surface area is 144 Å². The summed E-state index contributed by atoms with van der Waals surface area (Å²) >= 11 is 6.00. The molecule has 0 aliphatic heterocycles. The lowest BCUT2D eigenvalue weighted by Crippen LogP contribution is -1.97. The largest absolute Gasteiger partial charge is 0.423 e. The SMILES string of the molecule is Clc1ccc2oc(Nc3ccccc3Cc3ccccc3)nc2c1. The molecule has 0 atom stereocenters. The van der Waals surface area contributed by atoms with Crippen LogP contribution in [0.25, 0.3) is 11.1 Å². The Kier molecular flexibility index (Phi) is 3.93. The maximum absolute atomic E-state index is 6.00. The molecule has 4 aromatic rings. The van der Waals surface area contributed by atoms with E-state index in [-0.39, 0.29) is 0 Å². The first-order valence-corrected chi connectivity index (χ1v) is 8.11. The van der Waals surface area contributed by atoms with E-state index in [2.05, 4.69) is 40.6 Å².